The van der Waals surface area contributed by atoms with Gasteiger partial charge in [-0.25, -0.2) is 4.39 Å². The van der Waals surface area contributed by atoms with Crippen molar-refractivity contribution in [1.29, 1.82) is 0 Å². The molecule has 0 spiro atoms. The van der Waals surface area contributed by atoms with Crippen molar-refractivity contribution in [2.45, 2.75) is 25.9 Å². The molecule has 0 aliphatic heterocycles. The Morgan fingerprint density at radius 3 is 2.70 bits per heavy atom. The number of halogens is 1. The molecule has 0 saturated heterocycles. The summed E-state index contributed by atoms with van der Waals surface area (Å²) in [6.07, 6.45) is -0.240. The molecule has 1 atom stereocenters. The van der Waals surface area contributed by atoms with E-state index in [2.05, 4.69) is 5.32 Å². The van der Waals surface area contributed by atoms with Crippen LogP contribution in [0.2, 0.25) is 0 Å². The van der Waals surface area contributed by atoms with Gasteiger partial charge in [0.15, 0.2) is 12.0 Å². The summed E-state index contributed by atoms with van der Waals surface area (Å²) in [6, 6.07) is 0. The van der Waals surface area contributed by atoms with E-state index in [1.807, 2.05) is 6.92 Å². The minimum atomic E-state index is -1.31. The molecule has 0 rings (SSSR count). The van der Waals surface area contributed by atoms with Crippen LogP contribution in [0.3, 0.4) is 0 Å². The molecule has 3 heteroatoms. The molecule has 0 aromatic carbocycles. The molecule has 0 saturated carbocycles. The van der Waals surface area contributed by atoms with Crippen LogP contribution in [0.25, 0.3) is 0 Å². The Kier molecular flexibility index (Phi) is 5.12. The summed E-state index contributed by atoms with van der Waals surface area (Å²) in [6.45, 7) is 2.00. The van der Waals surface area contributed by atoms with Crippen molar-refractivity contribution in [3.8, 4) is 0 Å². The lowest BCUT2D eigenvalue weighted by molar-refractivity contribution is -0.123. The molecule has 1 N–H and O–H groups in total. The van der Waals surface area contributed by atoms with E-state index >= 15 is 0 Å². The zero-order valence-corrected chi connectivity index (χ0v) is 6.48. The van der Waals surface area contributed by atoms with Gasteiger partial charge >= 0.3 is 0 Å². The molecule has 0 bridgehead atoms. The molecular weight excluding hydrogens is 133 g/mol. The zero-order valence-electron chi connectivity index (χ0n) is 6.48. The van der Waals surface area contributed by atoms with Gasteiger partial charge in [-0.15, -0.1) is 0 Å². The molecule has 10 heavy (non-hydrogen) atoms. The van der Waals surface area contributed by atoms with Gasteiger partial charge in [0.25, 0.3) is 0 Å². The predicted molar refractivity (Wildman–Crippen MR) is 38.7 cm³/mol. The lowest BCUT2D eigenvalue weighted by atomic mass is 10.1. The number of Topliss-reactive ketones (excluding diaryl/α,β-unsaturated/α-hetero) is 1. The first-order valence-electron chi connectivity index (χ1n) is 3.53. The van der Waals surface area contributed by atoms with Crippen LogP contribution in [0.15, 0.2) is 0 Å². The molecule has 0 amide bonds. The standard InChI is InChI=1S/C7H14FNO/c1-3-4-7(10)6(8)5-9-2/h6,9H,3-5H2,1-2H3. The third kappa shape index (κ3) is 3.56. The number of ketones is 1. The second kappa shape index (κ2) is 5.35. The number of rotatable bonds is 5. The molecule has 0 aliphatic carbocycles. The van der Waals surface area contributed by atoms with Crippen molar-refractivity contribution in [3.05, 3.63) is 0 Å². The summed E-state index contributed by atoms with van der Waals surface area (Å²) in [5.74, 6) is -0.295. The van der Waals surface area contributed by atoms with Crippen molar-refractivity contribution in [2.24, 2.45) is 0 Å². The fraction of sp³-hybridized carbons (Fsp3) is 0.857. The maximum atomic E-state index is 12.6. The second-order valence-electron chi connectivity index (χ2n) is 2.24. The third-order valence-corrected chi connectivity index (χ3v) is 1.23. The lowest BCUT2D eigenvalue weighted by Gasteiger charge is -2.03. The van der Waals surface area contributed by atoms with Gasteiger partial charge in [-0.2, -0.15) is 0 Å². The van der Waals surface area contributed by atoms with Gasteiger partial charge in [-0.05, 0) is 13.5 Å². The van der Waals surface area contributed by atoms with Crippen molar-refractivity contribution < 1.29 is 9.18 Å². The van der Waals surface area contributed by atoms with Crippen LogP contribution >= 0.6 is 0 Å². The summed E-state index contributed by atoms with van der Waals surface area (Å²) in [4.78, 5) is 10.7. The van der Waals surface area contributed by atoms with E-state index < -0.39 is 6.17 Å². The van der Waals surface area contributed by atoms with Crippen LogP contribution in [-0.4, -0.2) is 25.5 Å². The van der Waals surface area contributed by atoms with Crippen molar-refractivity contribution >= 4 is 5.78 Å². The van der Waals surface area contributed by atoms with Crippen LogP contribution in [0.4, 0.5) is 4.39 Å². The molecular formula is C7H14FNO. The normalized spacial score (nSPS) is 13.1. The van der Waals surface area contributed by atoms with Crippen LogP contribution in [0.1, 0.15) is 19.8 Å². The van der Waals surface area contributed by atoms with Crippen molar-refractivity contribution in [2.75, 3.05) is 13.6 Å². The molecule has 0 fully saturated rings. The SMILES string of the molecule is CCCC(=O)C(F)CNC. The first kappa shape index (κ1) is 9.56. The largest absolute Gasteiger partial charge is 0.316 e. The minimum absolute atomic E-state index is 0.138. The number of hydrogen-bond donors (Lipinski definition) is 1. The highest BCUT2D eigenvalue weighted by Gasteiger charge is 2.13. The Labute approximate surface area is 60.8 Å². The van der Waals surface area contributed by atoms with E-state index in [1.54, 1.807) is 7.05 Å². The van der Waals surface area contributed by atoms with Gasteiger partial charge in [-0.3, -0.25) is 4.79 Å². The number of nitrogens with one attached hydrogen (secondary N) is 1. The van der Waals surface area contributed by atoms with Crippen molar-refractivity contribution in [3.63, 3.8) is 0 Å². The smallest absolute Gasteiger partial charge is 0.170 e. The van der Waals surface area contributed by atoms with E-state index in [9.17, 15) is 9.18 Å². The Hall–Kier alpha value is -0.440. The van der Waals surface area contributed by atoms with Gasteiger partial charge in [-0.1, -0.05) is 6.92 Å². The fourth-order valence-corrected chi connectivity index (χ4v) is 0.696. The first-order chi connectivity index (χ1) is 4.72. The van der Waals surface area contributed by atoms with Gasteiger partial charge < -0.3 is 5.32 Å². The van der Waals surface area contributed by atoms with Gasteiger partial charge in [0.1, 0.15) is 0 Å². The van der Waals surface area contributed by atoms with Crippen LogP contribution < -0.4 is 5.32 Å². The lowest BCUT2D eigenvalue weighted by Crippen LogP contribution is -2.27. The van der Waals surface area contributed by atoms with Crippen molar-refractivity contribution in [1.82, 2.24) is 5.32 Å². The second-order valence-corrected chi connectivity index (χ2v) is 2.24. The summed E-state index contributed by atoms with van der Waals surface area (Å²) < 4.78 is 12.6. The highest BCUT2D eigenvalue weighted by atomic mass is 19.1. The third-order valence-electron chi connectivity index (χ3n) is 1.23. The maximum absolute atomic E-state index is 12.6. The highest BCUT2D eigenvalue weighted by molar-refractivity contribution is 5.83. The summed E-state index contributed by atoms with van der Waals surface area (Å²) in [5, 5.41) is 2.61. The first-order valence-corrected chi connectivity index (χ1v) is 3.53. The predicted octanol–water partition coefficient (Wildman–Crippen LogP) is 0.913. The molecule has 1 unspecified atom stereocenters. The number of carbonyl (C=O) groups excluding carboxylic acids is 1. The maximum Gasteiger partial charge on any atom is 0.170 e. The number of alkyl halides is 1. The Balaban J connectivity index is 3.49. The van der Waals surface area contributed by atoms with E-state index in [0.29, 0.717) is 6.42 Å². The Morgan fingerprint density at radius 2 is 2.30 bits per heavy atom. The zero-order chi connectivity index (χ0) is 7.98. The van der Waals surface area contributed by atoms with Gasteiger partial charge in [0.2, 0.25) is 0 Å². The molecule has 0 aliphatic rings. The van der Waals surface area contributed by atoms with E-state index in [4.69, 9.17) is 0 Å². The highest BCUT2D eigenvalue weighted by Crippen LogP contribution is 1.97. The molecule has 0 radical (unpaired) electrons. The molecule has 0 aromatic rings. The van der Waals surface area contributed by atoms with Crippen LogP contribution in [0, 0.1) is 0 Å². The number of carbonyl (C=O) groups is 1. The average molecular weight is 147 g/mol. The molecule has 0 aromatic heterocycles. The Morgan fingerprint density at radius 1 is 1.70 bits per heavy atom. The van der Waals surface area contributed by atoms with E-state index in [1.165, 1.54) is 0 Å². The fourth-order valence-electron chi connectivity index (χ4n) is 0.696. The topological polar surface area (TPSA) is 29.1 Å². The van der Waals surface area contributed by atoms with Gasteiger partial charge in [0, 0.05) is 13.0 Å². The monoisotopic (exact) mass is 147 g/mol. The van der Waals surface area contributed by atoms with Gasteiger partial charge in [0.05, 0.1) is 0 Å². The number of hydrogen-bond acceptors (Lipinski definition) is 2. The van der Waals surface area contributed by atoms with Crippen LogP contribution in [0.5, 0.6) is 0 Å². The summed E-state index contributed by atoms with van der Waals surface area (Å²) in [7, 11) is 1.63. The molecule has 0 heterocycles. The summed E-state index contributed by atoms with van der Waals surface area (Å²) in [5.41, 5.74) is 0. The Bertz CT molecular complexity index is 106. The van der Waals surface area contributed by atoms with Crippen LogP contribution in [-0.2, 0) is 4.79 Å². The molecule has 2 nitrogen and oxygen atoms in total. The summed E-state index contributed by atoms with van der Waals surface area (Å²) >= 11 is 0. The van der Waals surface area contributed by atoms with E-state index in [0.717, 1.165) is 6.42 Å². The van der Waals surface area contributed by atoms with E-state index in [-0.39, 0.29) is 12.3 Å². The molecule has 60 valence electrons. The quantitative estimate of drug-likeness (QED) is 0.626. The average Bonchev–Trinajstić information content (AvgIpc) is 1.89. The minimum Gasteiger partial charge on any atom is -0.316 e.